The van der Waals surface area contributed by atoms with E-state index in [2.05, 4.69) is 18.4 Å². The molecule has 1 unspecified atom stereocenters. The quantitative estimate of drug-likeness (QED) is 0.762. The van der Waals surface area contributed by atoms with Crippen LogP contribution in [0.3, 0.4) is 0 Å². The van der Waals surface area contributed by atoms with E-state index in [1.165, 1.54) is 23.3 Å². The van der Waals surface area contributed by atoms with Crippen LogP contribution < -0.4 is 0 Å². The van der Waals surface area contributed by atoms with Gasteiger partial charge in [-0.1, -0.05) is 12.8 Å². The smallest absolute Gasteiger partial charge is 0.0887 e. The molecule has 2 heteroatoms. The van der Waals surface area contributed by atoms with E-state index in [-0.39, 0.29) is 6.10 Å². The first kappa shape index (κ1) is 8.27. The van der Waals surface area contributed by atoms with Crippen molar-refractivity contribution in [3.63, 3.8) is 0 Å². The Hall–Kier alpha value is -0.340. The molecule has 1 aromatic rings. The van der Waals surface area contributed by atoms with Gasteiger partial charge in [-0.3, -0.25) is 0 Å². The lowest BCUT2D eigenvalue weighted by Crippen LogP contribution is -1.97. The Balaban J connectivity index is 2.02. The molecule has 0 aromatic carbocycles. The van der Waals surface area contributed by atoms with Crippen molar-refractivity contribution < 1.29 is 5.11 Å². The normalized spacial score (nSPS) is 19.5. The van der Waals surface area contributed by atoms with Crippen LogP contribution in [0.5, 0.6) is 0 Å². The molecule has 0 amide bonds. The van der Waals surface area contributed by atoms with E-state index in [0.717, 1.165) is 12.3 Å². The molecule has 0 radical (unpaired) electrons. The van der Waals surface area contributed by atoms with Crippen LogP contribution in [0.15, 0.2) is 11.4 Å². The predicted octanol–water partition coefficient (Wildman–Crippen LogP) is 2.89. The second-order valence-corrected chi connectivity index (χ2v) is 4.61. The van der Waals surface area contributed by atoms with Crippen LogP contribution >= 0.6 is 11.3 Å². The van der Waals surface area contributed by atoms with Crippen molar-refractivity contribution in [2.45, 2.75) is 32.3 Å². The summed E-state index contributed by atoms with van der Waals surface area (Å²) in [5.41, 5.74) is 1.24. The first-order valence-corrected chi connectivity index (χ1v) is 5.37. The summed E-state index contributed by atoms with van der Waals surface area (Å²) >= 11 is 1.68. The van der Waals surface area contributed by atoms with Crippen LogP contribution in [0.1, 0.15) is 35.8 Å². The van der Waals surface area contributed by atoms with Crippen molar-refractivity contribution >= 4 is 11.3 Å². The predicted molar refractivity (Wildman–Crippen MR) is 51.4 cm³/mol. The van der Waals surface area contributed by atoms with Crippen LogP contribution in [0.2, 0.25) is 0 Å². The first-order valence-electron chi connectivity index (χ1n) is 4.49. The second-order valence-electron chi connectivity index (χ2n) is 3.66. The Bertz CT molecular complexity index is 263. The van der Waals surface area contributed by atoms with Gasteiger partial charge in [0.15, 0.2) is 0 Å². The highest BCUT2D eigenvalue weighted by atomic mass is 32.1. The summed E-state index contributed by atoms with van der Waals surface area (Å²) in [4.78, 5) is 1.17. The van der Waals surface area contributed by atoms with Crippen LogP contribution in [-0.4, -0.2) is 5.11 Å². The number of aliphatic hydroxyl groups excluding tert-OH is 1. The van der Waals surface area contributed by atoms with Crippen molar-refractivity contribution in [1.29, 1.82) is 0 Å². The Kier molecular flexibility index (Phi) is 2.20. The van der Waals surface area contributed by atoms with Gasteiger partial charge in [-0.2, -0.15) is 0 Å². The molecule has 1 heterocycles. The van der Waals surface area contributed by atoms with Gasteiger partial charge >= 0.3 is 0 Å². The molecule has 0 spiro atoms. The molecule has 0 bridgehead atoms. The lowest BCUT2D eigenvalue weighted by atomic mass is 10.1. The molecule has 2 rings (SSSR count). The minimum atomic E-state index is -0.197. The number of aliphatic hydroxyl groups is 1. The fourth-order valence-electron chi connectivity index (χ4n) is 1.50. The maximum absolute atomic E-state index is 9.81. The van der Waals surface area contributed by atoms with Gasteiger partial charge in [0, 0.05) is 4.88 Å². The molecule has 1 atom stereocenters. The molecule has 1 aromatic heterocycles. The minimum absolute atomic E-state index is 0.197. The SMILES string of the molecule is Cc1ccsc1C(O)CC1CC1. The lowest BCUT2D eigenvalue weighted by molar-refractivity contribution is 0.163. The van der Waals surface area contributed by atoms with Gasteiger partial charge < -0.3 is 5.11 Å². The molecule has 1 aliphatic rings. The van der Waals surface area contributed by atoms with Gasteiger partial charge in [0.2, 0.25) is 0 Å². The zero-order chi connectivity index (χ0) is 8.55. The molecule has 0 aliphatic heterocycles. The van der Waals surface area contributed by atoms with Gasteiger partial charge in [-0.05, 0) is 36.3 Å². The zero-order valence-electron chi connectivity index (χ0n) is 7.29. The molecule has 0 saturated heterocycles. The molecule has 1 nitrogen and oxygen atoms in total. The zero-order valence-corrected chi connectivity index (χ0v) is 8.10. The minimum Gasteiger partial charge on any atom is -0.388 e. The molecular formula is C10H14OS. The van der Waals surface area contributed by atoms with Crippen molar-refractivity contribution in [1.82, 2.24) is 0 Å². The highest BCUT2D eigenvalue weighted by Gasteiger charge is 2.26. The number of hydrogen-bond donors (Lipinski definition) is 1. The summed E-state index contributed by atoms with van der Waals surface area (Å²) in [6.07, 6.45) is 3.42. The van der Waals surface area contributed by atoms with Crippen molar-refractivity contribution in [2.75, 3.05) is 0 Å². The van der Waals surface area contributed by atoms with Crippen molar-refractivity contribution in [3.8, 4) is 0 Å². The Labute approximate surface area is 77.0 Å². The highest BCUT2D eigenvalue weighted by Crippen LogP contribution is 2.39. The molecule has 66 valence electrons. The summed E-state index contributed by atoms with van der Waals surface area (Å²) in [6.45, 7) is 2.07. The molecule has 1 fully saturated rings. The number of rotatable bonds is 3. The lowest BCUT2D eigenvalue weighted by Gasteiger charge is -2.08. The van der Waals surface area contributed by atoms with Gasteiger partial charge in [0.05, 0.1) is 6.10 Å². The number of thiophene rings is 1. The summed E-state index contributed by atoms with van der Waals surface area (Å²) in [6, 6.07) is 2.08. The van der Waals surface area contributed by atoms with Crippen LogP contribution in [0, 0.1) is 12.8 Å². The van der Waals surface area contributed by atoms with E-state index in [1.54, 1.807) is 11.3 Å². The van der Waals surface area contributed by atoms with E-state index < -0.39 is 0 Å². The molecular weight excluding hydrogens is 168 g/mol. The third-order valence-corrected chi connectivity index (χ3v) is 3.58. The maximum Gasteiger partial charge on any atom is 0.0887 e. The Morgan fingerprint density at radius 2 is 2.42 bits per heavy atom. The number of hydrogen-bond acceptors (Lipinski definition) is 2. The van der Waals surface area contributed by atoms with Crippen molar-refractivity contribution in [2.24, 2.45) is 5.92 Å². The van der Waals surface area contributed by atoms with E-state index in [9.17, 15) is 5.11 Å². The first-order chi connectivity index (χ1) is 5.77. The Morgan fingerprint density at radius 1 is 1.67 bits per heavy atom. The third kappa shape index (κ3) is 1.70. The summed E-state index contributed by atoms with van der Waals surface area (Å²) in [5.74, 6) is 0.807. The van der Waals surface area contributed by atoms with Gasteiger partial charge in [-0.25, -0.2) is 0 Å². The van der Waals surface area contributed by atoms with Crippen LogP contribution in [0.4, 0.5) is 0 Å². The summed E-state index contributed by atoms with van der Waals surface area (Å²) < 4.78 is 0. The molecule has 1 N–H and O–H groups in total. The fourth-order valence-corrected chi connectivity index (χ4v) is 2.43. The van der Waals surface area contributed by atoms with Crippen LogP contribution in [-0.2, 0) is 0 Å². The van der Waals surface area contributed by atoms with Gasteiger partial charge in [-0.15, -0.1) is 11.3 Å². The summed E-state index contributed by atoms with van der Waals surface area (Å²) in [7, 11) is 0. The van der Waals surface area contributed by atoms with E-state index in [4.69, 9.17) is 0 Å². The average Bonchev–Trinajstić information content (AvgIpc) is 2.72. The van der Waals surface area contributed by atoms with Crippen LogP contribution in [0.25, 0.3) is 0 Å². The largest absolute Gasteiger partial charge is 0.388 e. The fraction of sp³-hybridized carbons (Fsp3) is 0.600. The van der Waals surface area contributed by atoms with Crippen molar-refractivity contribution in [3.05, 3.63) is 21.9 Å². The second kappa shape index (κ2) is 3.19. The highest BCUT2D eigenvalue weighted by molar-refractivity contribution is 7.10. The molecule has 1 aliphatic carbocycles. The van der Waals surface area contributed by atoms with E-state index in [0.29, 0.717) is 0 Å². The van der Waals surface area contributed by atoms with Gasteiger partial charge in [0.25, 0.3) is 0 Å². The monoisotopic (exact) mass is 182 g/mol. The van der Waals surface area contributed by atoms with E-state index >= 15 is 0 Å². The maximum atomic E-state index is 9.81. The average molecular weight is 182 g/mol. The Morgan fingerprint density at radius 3 is 2.92 bits per heavy atom. The van der Waals surface area contributed by atoms with E-state index in [1.807, 2.05) is 0 Å². The number of aryl methyl sites for hydroxylation is 1. The van der Waals surface area contributed by atoms with Gasteiger partial charge in [0.1, 0.15) is 0 Å². The topological polar surface area (TPSA) is 20.2 Å². The summed E-state index contributed by atoms with van der Waals surface area (Å²) in [5, 5.41) is 11.9. The molecule has 12 heavy (non-hydrogen) atoms. The molecule has 1 saturated carbocycles. The standard InChI is InChI=1S/C10H14OS/c1-7-4-5-12-10(7)9(11)6-8-2-3-8/h4-5,8-9,11H,2-3,6H2,1H3. The third-order valence-electron chi connectivity index (χ3n) is 2.46.